The van der Waals surface area contributed by atoms with Crippen molar-refractivity contribution in [2.75, 3.05) is 0 Å². The Balaban J connectivity index is 1.74. The number of imidazole rings is 1. The maximum absolute atomic E-state index is 12.5. The molecule has 0 fully saturated rings. The number of halogens is 4. The number of carbonyl (C=O) groups is 1. The quantitative estimate of drug-likeness (QED) is 0.743. The van der Waals surface area contributed by atoms with Gasteiger partial charge in [-0.1, -0.05) is 35.1 Å². The number of carbonyl (C=O) groups excluding carboxylic acids is 1. The number of nitrogens with zero attached hydrogens (tertiary/aromatic N) is 2. The standard InChI is InChI=1S/C15H11ClF3N3OS/c1-8-12(22-7-11(16)24-14(22)21-8)13(23)20-6-9-2-4-10(5-3-9)15(17,18)19/h2-5,7H,6H2,1H3,(H,20,23). The van der Waals surface area contributed by atoms with E-state index in [0.29, 0.717) is 26.2 Å². The first-order chi connectivity index (χ1) is 11.3. The third-order valence-electron chi connectivity index (χ3n) is 3.42. The van der Waals surface area contributed by atoms with Crippen molar-refractivity contribution in [3.63, 3.8) is 0 Å². The molecule has 3 aromatic rings. The Hall–Kier alpha value is -2.06. The third kappa shape index (κ3) is 3.25. The van der Waals surface area contributed by atoms with Gasteiger partial charge in [0.25, 0.3) is 5.91 Å². The number of aryl methyl sites for hydroxylation is 1. The summed E-state index contributed by atoms with van der Waals surface area (Å²) < 4.78 is 39.7. The van der Waals surface area contributed by atoms with E-state index in [2.05, 4.69) is 10.3 Å². The number of hydrogen-bond donors (Lipinski definition) is 1. The van der Waals surface area contributed by atoms with Crippen LogP contribution in [0, 0.1) is 6.92 Å². The molecule has 0 aliphatic rings. The topological polar surface area (TPSA) is 46.4 Å². The summed E-state index contributed by atoms with van der Waals surface area (Å²) in [5.41, 5.74) is 0.764. The second-order valence-corrected chi connectivity index (χ2v) is 6.75. The smallest absolute Gasteiger partial charge is 0.347 e. The van der Waals surface area contributed by atoms with Crippen molar-refractivity contribution < 1.29 is 18.0 Å². The molecule has 0 aliphatic heterocycles. The van der Waals surface area contributed by atoms with Crippen LogP contribution in [0.3, 0.4) is 0 Å². The Labute approximate surface area is 143 Å². The van der Waals surface area contributed by atoms with Crippen LogP contribution in [0.15, 0.2) is 30.5 Å². The fourth-order valence-electron chi connectivity index (χ4n) is 2.28. The lowest BCUT2D eigenvalue weighted by Gasteiger charge is -2.08. The number of amides is 1. The lowest BCUT2D eigenvalue weighted by molar-refractivity contribution is -0.137. The highest BCUT2D eigenvalue weighted by Crippen LogP contribution is 2.29. The van der Waals surface area contributed by atoms with Gasteiger partial charge in [0.15, 0.2) is 4.96 Å². The van der Waals surface area contributed by atoms with E-state index in [-0.39, 0.29) is 12.5 Å². The van der Waals surface area contributed by atoms with Crippen molar-refractivity contribution in [3.8, 4) is 0 Å². The van der Waals surface area contributed by atoms with Gasteiger partial charge in [0, 0.05) is 12.7 Å². The zero-order chi connectivity index (χ0) is 17.5. The Morgan fingerprint density at radius 2 is 2.00 bits per heavy atom. The number of hydrogen-bond acceptors (Lipinski definition) is 3. The molecule has 2 aromatic heterocycles. The molecule has 0 aliphatic carbocycles. The normalized spacial score (nSPS) is 11.9. The molecule has 3 rings (SSSR count). The Bertz CT molecular complexity index is 899. The van der Waals surface area contributed by atoms with Gasteiger partial charge in [0.05, 0.1) is 11.3 Å². The predicted molar refractivity (Wildman–Crippen MR) is 85.4 cm³/mol. The molecule has 1 N–H and O–H groups in total. The maximum Gasteiger partial charge on any atom is 0.416 e. The van der Waals surface area contributed by atoms with E-state index < -0.39 is 11.7 Å². The molecule has 0 saturated carbocycles. The van der Waals surface area contributed by atoms with Gasteiger partial charge < -0.3 is 5.32 Å². The Kier molecular flexibility index (Phi) is 4.27. The van der Waals surface area contributed by atoms with Gasteiger partial charge in [-0.2, -0.15) is 13.2 Å². The van der Waals surface area contributed by atoms with E-state index in [1.807, 2.05) is 0 Å². The number of aromatic nitrogens is 2. The molecule has 0 radical (unpaired) electrons. The highest BCUT2D eigenvalue weighted by atomic mass is 35.5. The molecule has 126 valence electrons. The summed E-state index contributed by atoms with van der Waals surface area (Å²) in [6.07, 6.45) is -2.77. The fourth-order valence-corrected chi connectivity index (χ4v) is 3.34. The van der Waals surface area contributed by atoms with Crippen LogP contribution in [-0.4, -0.2) is 15.3 Å². The largest absolute Gasteiger partial charge is 0.416 e. The van der Waals surface area contributed by atoms with Gasteiger partial charge in [0.1, 0.15) is 10.0 Å². The van der Waals surface area contributed by atoms with Crippen molar-refractivity contribution in [1.82, 2.24) is 14.7 Å². The van der Waals surface area contributed by atoms with Crippen LogP contribution in [0.4, 0.5) is 13.2 Å². The Morgan fingerprint density at radius 3 is 2.62 bits per heavy atom. The zero-order valence-corrected chi connectivity index (χ0v) is 13.9. The van der Waals surface area contributed by atoms with Gasteiger partial charge >= 0.3 is 6.18 Å². The molecule has 0 bridgehead atoms. The molecular formula is C15H11ClF3N3OS. The van der Waals surface area contributed by atoms with E-state index in [1.54, 1.807) is 17.5 Å². The van der Waals surface area contributed by atoms with Crippen molar-refractivity contribution >= 4 is 33.8 Å². The van der Waals surface area contributed by atoms with E-state index in [0.717, 1.165) is 12.1 Å². The first kappa shape index (κ1) is 16.8. The zero-order valence-electron chi connectivity index (χ0n) is 12.3. The summed E-state index contributed by atoms with van der Waals surface area (Å²) in [7, 11) is 0. The SMILES string of the molecule is Cc1nc2sc(Cl)cn2c1C(=O)NCc1ccc(C(F)(F)F)cc1. The molecule has 24 heavy (non-hydrogen) atoms. The minimum absolute atomic E-state index is 0.113. The van der Waals surface area contributed by atoms with Crippen LogP contribution in [-0.2, 0) is 12.7 Å². The minimum Gasteiger partial charge on any atom is -0.347 e. The van der Waals surface area contributed by atoms with Crippen LogP contribution in [0.1, 0.15) is 27.3 Å². The van der Waals surface area contributed by atoms with Crippen LogP contribution < -0.4 is 5.32 Å². The number of benzene rings is 1. The summed E-state index contributed by atoms with van der Waals surface area (Å²) in [5, 5.41) is 2.68. The summed E-state index contributed by atoms with van der Waals surface area (Å²) in [4.78, 5) is 17.2. The number of alkyl halides is 3. The van der Waals surface area contributed by atoms with Crippen molar-refractivity contribution in [2.24, 2.45) is 0 Å². The summed E-state index contributed by atoms with van der Waals surface area (Å²) in [5.74, 6) is -0.366. The van der Waals surface area contributed by atoms with Crippen molar-refractivity contribution in [2.45, 2.75) is 19.6 Å². The summed E-state index contributed by atoms with van der Waals surface area (Å²) >= 11 is 7.17. The monoisotopic (exact) mass is 373 g/mol. The molecule has 4 nitrogen and oxygen atoms in total. The Morgan fingerprint density at radius 1 is 1.33 bits per heavy atom. The van der Waals surface area contributed by atoms with E-state index in [9.17, 15) is 18.0 Å². The summed E-state index contributed by atoms with van der Waals surface area (Å²) in [6, 6.07) is 4.65. The highest BCUT2D eigenvalue weighted by Gasteiger charge is 2.29. The highest BCUT2D eigenvalue weighted by molar-refractivity contribution is 7.20. The fraction of sp³-hybridized carbons (Fsp3) is 0.200. The van der Waals surface area contributed by atoms with Gasteiger partial charge in [-0.25, -0.2) is 4.98 Å². The number of fused-ring (bicyclic) bond motifs is 1. The van der Waals surface area contributed by atoms with E-state index in [1.165, 1.54) is 23.5 Å². The van der Waals surface area contributed by atoms with Crippen molar-refractivity contribution in [1.29, 1.82) is 0 Å². The molecule has 0 spiro atoms. The average molecular weight is 374 g/mol. The first-order valence-corrected chi connectivity index (χ1v) is 8.03. The summed E-state index contributed by atoms with van der Waals surface area (Å²) in [6.45, 7) is 1.82. The van der Waals surface area contributed by atoms with Gasteiger partial charge in [-0.3, -0.25) is 9.20 Å². The number of thiazole rings is 1. The minimum atomic E-state index is -4.37. The van der Waals surface area contributed by atoms with Crippen LogP contribution in [0.5, 0.6) is 0 Å². The molecule has 9 heteroatoms. The molecule has 0 atom stereocenters. The second kappa shape index (κ2) is 6.10. The van der Waals surface area contributed by atoms with Gasteiger partial charge in [0.2, 0.25) is 0 Å². The maximum atomic E-state index is 12.5. The molecule has 1 aromatic carbocycles. The molecular weight excluding hydrogens is 363 g/mol. The van der Waals surface area contributed by atoms with Crippen LogP contribution in [0.25, 0.3) is 4.96 Å². The molecule has 0 unspecified atom stereocenters. The number of rotatable bonds is 3. The average Bonchev–Trinajstić information content (AvgIpc) is 2.98. The lowest BCUT2D eigenvalue weighted by atomic mass is 10.1. The predicted octanol–water partition coefficient (Wildman–Crippen LogP) is 4.31. The van der Waals surface area contributed by atoms with Crippen LogP contribution >= 0.6 is 22.9 Å². The first-order valence-electron chi connectivity index (χ1n) is 6.84. The van der Waals surface area contributed by atoms with Gasteiger partial charge in [-0.15, -0.1) is 0 Å². The second-order valence-electron chi connectivity index (χ2n) is 5.11. The van der Waals surface area contributed by atoms with Crippen molar-refractivity contribution in [3.05, 3.63) is 57.3 Å². The molecule has 2 heterocycles. The van der Waals surface area contributed by atoms with Gasteiger partial charge in [-0.05, 0) is 24.6 Å². The van der Waals surface area contributed by atoms with E-state index in [4.69, 9.17) is 11.6 Å². The molecule has 0 saturated heterocycles. The third-order valence-corrected chi connectivity index (χ3v) is 4.52. The van der Waals surface area contributed by atoms with Crippen LogP contribution in [0.2, 0.25) is 4.34 Å². The number of nitrogens with one attached hydrogen (secondary N) is 1. The van der Waals surface area contributed by atoms with E-state index >= 15 is 0 Å². The lowest BCUT2D eigenvalue weighted by Crippen LogP contribution is -2.24. The molecule has 1 amide bonds.